The molecule has 0 N–H and O–H groups in total. The maximum Gasteiger partial charge on any atom is 0.0321 e. The number of terminal acetylenes is 2. The van der Waals surface area contributed by atoms with Gasteiger partial charge < -0.3 is 0 Å². The van der Waals surface area contributed by atoms with Gasteiger partial charge in [-0.25, -0.2) is 0 Å². The average molecular weight is 175 g/mol. The van der Waals surface area contributed by atoms with Crippen LogP contribution in [0.4, 0.5) is 0 Å². The number of rotatable bonds is 0. The van der Waals surface area contributed by atoms with Gasteiger partial charge in [0.25, 0.3) is 0 Å². The molecule has 1 radical (unpaired) electrons. The van der Waals surface area contributed by atoms with Crippen LogP contribution in [-0.2, 0) is 0 Å². The summed E-state index contributed by atoms with van der Waals surface area (Å²) >= 11 is 0. The molecule has 2 aromatic rings. The van der Waals surface area contributed by atoms with Crippen molar-refractivity contribution >= 4 is 10.8 Å². The molecule has 0 spiro atoms. The molecule has 0 fully saturated rings. The zero-order chi connectivity index (χ0) is 9.97. The van der Waals surface area contributed by atoms with E-state index in [-0.39, 0.29) is 0 Å². The summed E-state index contributed by atoms with van der Waals surface area (Å²) in [5, 5.41) is 1.99. The lowest BCUT2D eigenvalue weighted by molar-refractivity contribution is 1.66. The molecule has 2 rings (SSSR count). The highest BCUT2D eigenvalue weighted by molar-refractivity contribution is 5.88. The summed E-state index contributed by atoms with van der Waals surface area (Å²) in [6.07, 6.45) is 10.7. The predicted octanol–water partition coefficient (Wildman–Crippen LogP) is 2.60. The normalized spacial score (nSPS) is 9.29. The van der Waals surface area contributed by atoms with E-state index in [2.05, 4.69) is 17.9 Å². The van der Waals surface area contributed by atoms with Gasteiger partial charge in [-0.1, -0.05) is 24.0 Å². The third-order valence-electron chi connectivity index (χ3n) is 2.12. The van der Waals surface area contributed by atoms with Gasteiger partial charge in [0.2, 0.25) is 0 Å². The van der Waals surface area contributed by atoms with Gasteiger partial charge in [-0.2, -0.15) is 0 Å². The van der Waals surface area contributed by atoms with Gasteiger partial charge in [0, 0.05) is 11.1 Å². The Bertz CT molecular complexity index is 563. The first-order valence-electron chi connectivity index (χ1n) is 4.23. The first kappa shape index (κ1) is 8.42. The summed E-state index contributed by atoms with van der Waals surface area (Å²) in [6.45, 7) is 0. The van der Waals surface area contributed by atoms with Gasteiger partial charge in [0.15, 0.2) is 0 Å². The third-order valence-corrected chi connectivity index (χ3v) is 2.12. The lowest BCUT2D eigenvalue weighted by Gasteiger charge is -2.00. The molecule has 0 heteroatoms. The highest BCUT2D eigenvalue weighted by atomic mass is 14.0. The molecule has 0 amide bonds. The lowest BCUT2D eigenvalue weighted by atomic mass is 10.0. The molecule has 14 heavy (non-hydrogen) atoms. The van der Waals surface area contributed by atoms with Crippen molar-refractivity contribution in [1.29, 1.82) is 0 Å². The molecule has 0 nitrogen and oxygen atoms in total. The van der Waals surface area contributed by atoms with Gasteiger partial charge in [-0.3, -0.25) is 0 Å². The van der Waals surface area contributed by atoms with Crippen LogP contribution in [0.1, 0.15) is 11.1 Å². The maximum atomic E-state index is 5.39. The Morgan fingerprint density at radius 2 is 1.93 bits per heavy atom. The molecule has 0 unspecified atom stereocenters. The van der Waals surface area contributed by atoms with E-state index in [0.717, 1.165) is 21.9 Å². The molecule has 63 valence electrons. The van der Waals surface area contributed by atoms with Crippen molar-refractivity contribution in [3.05, 3.63) is 47.5 Å². The molecule has 0 aliphatic carbocycles. The summed E-state index contributed by atoms with van der Waals surface area (Å²) in [4.78, 5) is 0. The second-order valence-electron chi connectivity index (χ2n) is 2.94. The summed E-state index contributed by atoms with van der Waals surface area (Å²) in [5.41, 5.74) is 1.70. The Morgan fingerprint density at radius 1 is 1.07 bits per heavy atom. The van der Waals surface area contributed by atoms with E-state index in [4.69, 9.17) is 12.8 Å². The molecule has 0 aliphatic rings. The standard InChI is InChI=1S/C14H7/c1-3-11-8-9-13-7-5-6-12(4-2)14(13)10-11/h1-2,5-6,8-10H. The zero-order valence-electron chi connectivity index (χ0n) is 7.54. The van der Waals surface area contributed by atoms with Gasteiger partial charge in [0.1, 0.15) is 0 Å². The summed E-state index contributed by atoms with van der Waals surface area (Å²) in [6, 6.07) is 12.5. The van der Waals surface area contributed by atoms with E-state index in [9.17, 15) is 0 Å². The number of hydrogen-bond acceptors (Lipinski definition) is 0. The summed E-state index contributed by atoms with van der Waals surface area (Å²) in [5.74, 6) is 5.22. The average Bonchev–Trinajstić information content (AvgIpc) is 2.27. The Morgan fingerprint density at radius 3 is 2.64 bits per heavy atom. The van der Waals surface area contributed by atoms with Gasteiger partial charge in [-0.05, 0) is 35.0 Å². The van der Waals surface area contributed by atoms with Crippen molar-refractivity contribution < 1.29 is 0 Å². The smallest absolute Gasteiger partial charge is 0.0321 e. The molecule has 0 atom stereocenters. The Kier molecular flexibility index (Phi) is 1.98. The van der Waals surface area contributed by atoms with Crippen LogP contribution in [0.2, 0.25) is 0 Å². The molecule has 0 saturated carbocycles. The highest BCUT2D eigenvalue weighted by Crippen LogP contribution is 2.18. The minimum Gasteiger partial charge on any atom is -0.115 e. The van der Waals surface area contributed by atoms with Crippen LogP contribution in [0.5, 0.6) is 0 Å². The quantitative estimate of drug-likeness (QED) is 0.540. The highest BCUT2D eigenvalue weighted by Gasteiger charge is 1.98. The topological polar surface area (TPSA) is 0 Å². The van der Waals surface area contributed by atoms with Crippen LogP contribution in [0.25, 0.3) is 10.8 Å². The summed E-state index contributed by atoms with van der Waals surface area (Å²) in [7, 11) is 0. The molecule has 0 bridgehead atoms. The fourth-order valence-corrected chi connectivity index (χ4v) is 1.41. The molecule has 0 saturated heterocycles. The molecular formula is C14H7. The molecule has 0 heterocycles. The fourth-order valence-electron chi connectivity index (χ4n) is 1.41. The minimum absolute atomic E-state index is 0.841. The second-order valence-corrected chi connectivity index (χ2v) is 2.94. The van der Waals surface area contributed by atoms with Gasteiger partial charge in [0.05, 0.1) is 0 Å². The van der Waals surface area contributed by atoms with Crippen molar-refractivity contribution in [2.45, 2.75) is 0 Å². The largest absolute Gasteiger partial charge is 0.115 e. The minimum atomic E-state index is 0.841. The predicted molar refractivity (Wildman–Crippen MR) is 58.7 cm³/mol. The van der Waals surface area contributed by atoms with Crippen LogP contribution in [0.15, 0.2) is 30.3 Å². The number of benzene rings is 2. The second kappa shape index (κ2) is 3.29. The van der Waals surface area contributed by atoms with Crippen LogP contribution < -0.4 is 0 Å². The van der Waals surface area contributed by atoms with Crippen LogP contribution in [-0.4, -0.2) is 0 Å². The van der Waals surface area contributed by atoms with Crippen molar-refractivity contribution in [2.75, 3.05) is 0 Å². The molecular weight excluding hydrogens is 168 g/mol. The fraction of sp³-hybridized carbons (Fsp3) is 0. The Hall–Kier alpha value is -2.18. The van der Waals surface area contributed by atoms with Crippen molar-refractivity contribution in [3.8, 4) is 24.7 Å². The van der Waals surface area contributed by atoms with E-state index in [0.29, 0.717) is 0 Å². The van der Waals surface area contributed by atoms with Gasteiger partial charge in [-0.15, -0.1) is 12.8 Å². The summed E-state index contributed by atoms with van der Waals surface area (Å²) < 4.78 is 0. The van der Waals surface area contributed by atoms with E-state index >= 15 is 0 Å². The van der Waals surface area contributed by atoms with Crippen molar-refractivity contribution in [1.82, 2.24) is 0 Å². The van der Waals surface area contributed by atoms with Crippen LogP contribution >= 0.6 is 0 Å². The maximum absolute atomic E-state index is 5.39. The third kappa shape index (κ3) is 1.24. The Labute approximate surface area is 83.6 Å². The van der Waals surface area contributed by atoms with E-state index < -0.39 is 0 Å². The van der Waals surface area contributed by atoms with Crippen molar-refractivity contribution in [2.24, 2.45) is 0 Å². The zero-order valence-corrected chi connectivity index (χ0v) is 7.54. The van der Waals surface area contributed by atoms with Crippen molar-refractivity contribution in [3.63, 3.8) is 0 Å². The molecule has 0 aromatic heterocycles. The molecule has 0 aliphatic heterocycles. The SMILES string of the molecule is C#Cc1ccc2[c]ccc(C#C)c2c1. The first-order chi connectivity index (χ1) is 6.85. The molecule has 2 aromatic carbocycles. The van der Waals surface area contributed by atoms with E-state index in [1.165, 1.54) is 0 Å². The number of fused-ring (bicyclic) bond motifs is 1. The van der Waals surface area contributed by atoms with Crippen LogP contribution in [0, 0.1) is 30.8 Å². The lowest BCUT2D eigenvalue weighted by Crippen LogP contribution is -1.81. The monoisotopic (exact) mass is 175 g/mol. The Balaban J connectivity index is 2.86. The van der Waals surface area contributed by atoms with Crippen LogP contribution in [0.3, 0.4) is 0 Å². The first-order valence-corrected chi connectivity index (χ1v) is 4.23. The van der Waals surface area contributed by atoms with E-state index in [1.807, 2.05) is 30.3 Å². The number of hydrogen-bond donors (Lipinski definition) is 0. The van der Waals surface area contributed by atoms with Gasteiger partial charge >= 0.3 is 0 Å². The van der Waals surface area contributed by atoms with E-state index in [1.54, 1.807) is 0 Å².